The van der Waals surface area contributed by atoms with Gasteiger partial charge < -0.3 is 9.57 Å². The van der Waals surface area contributed by atoms with Gasteiger partial charge in [-0.25, -0.2) is 0 Å². The van der Waals surface area contributed by atoms with Gasteiger partial charge in [-0.2, -0.15) is 5.26 Å². The molecule has 4 aromatic rings. The Morgan fingerprint density at radius 2 is 1.69 bits per heavy atom. The van der Waals surface area contributed by atoms with Crippen LogP contribution in [0, 0.1) is 11.3 Å². The van der Waals surface area contributed by atoms with Crippen LogP contribution in [0.4, 0.5) is 0 Å². The van der Waals surface area contributed by atoms with Crippen LogP contribution in [-0.2, 0) is 18.1 Å². The normalized spacial score (nSPS) is 10.9. The molecule has 0 saturated heterocycles. The summed E-state index contributed by atoms with van der Waals surface area (Å²) in [5.41, 5.74) is 2.97. The predicted octanol–water partition coefficient (Wildman–Crippen LogP) is 7.15. The van der Waals surface area contributed by atoms with Crippen LogP contribution in [0.3, 0.4) is 0 Å². The van der Waals surface area contributed by atoms with Gasteiger partial charge in [0.25, 0.3) is 0 Å². The second-order valence-corrected chi connectivity index (χ2v) is 7.84. The molecule has 0 heterocycles. The van der Waals surface area contributed by atoms with E-state index in [2.05, 4.69) is 11.2 Å². The van der Waals surface area contributed by atoms with Crippen molar-refractivity contribution in [2.75, 3.05) is 0 Å². The maximum Gasteiger partial charge on any atom is 0.143 e. The zero-order valence-electron chi connectivity index (χ0n) is 17.0. The highest BCUT2D eigenvalue weighted by atomic mass is 35.5. The van der Waals surface area contributed by atoms with Crippen molar-refractivity contribution in [3.8, 4) is 11.8 Å². The van der Waals surface area contributed by atoms with Crippen molar-refractivity contribution >= 4 is 40.2 Å². The predicted molar refractivity (Wildman–Crippen MR) is 128 cm³/mol. The molecule has 4 aromatic carbocycles. The number of fused-ring (bicyclic) bond motifs is 1. The van der Waals surface area contributed by atoms with E-state index in [1.165, 1.54) is 0 Å². The highest BCUT2D eigenvalue weighted by molar-refractivity contribution is 6.35. The lowest BCUT2D eigenvalue weighted by Gasteiger charge is -2.13. The van der Waals surface area contributed by atoms with Gasteiger partial charge in [-0.15, -0.1) is 0 Å². The lowest BCUT2D eigenvalue weighted by Crippen LogP contribution is -2.00. The molecule has 0 amide bonds. The number of rotatable bonds is 7. The topological polar surface area (TPSA) is 54.6 Å². The number of benzene rings is 4. The highest BCUT2D eigenvalue weighted by Crippen LogP contribution is 2.29. The van der Waals surface area contributed by atoms with Crippen LogP contribution in [0.25, 0.3) is 10.8 Å². The van der Waals surface area contributed by atoms with Crippen LogP contribution in [0.5, 0.6) is 5.75 Å². The van der Waals surface area contributed by atoms with Gasteiger partial charge in [-0.3, -0.25) is 0 Å². The van der Waals surface area contributed by atoms with Gasteiger partial charge in [0, 0.05) is 26.7 Å². The van der Waals surface area contributed by atoms with Crippen molar-refractivity contribution in [1.82, 2.24) is 0 Å². The SMILES string of the molecule is N#Cc1ccccc1CO/N=C\c1c(OCc2ccc(Cl)cc2Cl)ccc2ccccc12. The van der Waals surface area contributed by atoms with Crippen LogP contribution >= 0.6 is 23.2 Å². The Kier molecular flexibility index (Phi) is 6.91. The molecule has 0 fully saturated rings. The summed E-state index contributed by atoms with van der Waals surface area (Å²) in [5, 5.41) is 16.5. The molecule has 0 aliphatic heterocycles. The van der Waals surface area contributed by atoms with Gasteiger partial charge in [0.1, 0.15) is 19.0 Å². The minimum absolute atomic E-state index is 0.196. The van der Waals surface area contributed by atoms with E-state index in [1.54, 1.807) is 24.4 Å². The highest BCUT2D eigenvalue weighted by Gasteiger charge is 2.10. The first kappa shape index (κ1) is 21.7. The second kappa shape index (κ2) is 10.2. The molecule has 0 aliphatic rings. The van der Waals surface area contributed by atoms with Crippen molar-refractivity contribution in [1.29, 1.82) is 5.26 Å². The average molecular weight is 461 g/mol. The first-order valence-corrected chi connectivity index (χ1v) is 10.6. The van der Waals surface area contributed by atoms with Crippen molar-refractivity contribution < 1.29 is 9.57 Å². The summed E-state index contributed by atoms with van der Waals surface area (Å²) in [6.45, 7) is 0.479. The summed E-state index contributed by atoms with van der Waals surface area (Å²) in [7, 11) is 0. The molecule has 32 heavy (non-hydrogen) atoms. The molecule has 6 heteroatoms. The second-order valence-electron chi connectivity index (χ2n) is 7.00. The summed E-state index contributed by atoms with van der Waals surface area (Å²) < 4.78 is 6.09. The van der Waals surface area contributed by atoms with Crippen molar-refractivity contribution in [2.24, 2.45) is 5.16 Å². The van der Waals surface area contributed by atoms with E-state index < -0.39 is 0 Å². The van der Waals surface area contributed by atoms with Gasteiger partial charge in [-0.05, 0) is 35.0 Å². The van der Waals surface area contributed by atoms with Gasteiger partial charge >= 0.3 is 0 Å². The fourth-order valence-electron chi connectivity index (χ4n) is 3.28. The fourth-order valence-corrected chi connectivity index (χ4v) is 3.74. The molecular weight excluding hydrogens is 443 g/mol. The molecule has 0 spiro atoms. The summed E-state index contributed by atoms with van der Waals surface area (Å²) in [6.07, 6.45) is 1.64. The quantitative estimate of drug-likeness (QED) is 0.217. The van der Waals surface area contributed by atoms with E-state index in [0.29, 0.717) is 21.4 Å². The number of halogens is 2. The standard InChI is InChI=1S/C26H18Cl2N2O2/c27-22-11-9-21(25(28)13-22)16-31-26-12-10-18-5-3-4-8-23(18)24(26)15-30-32-17-20-7-2-1-6-19(20)14-29/h1-13,15H,16-17H2/b30-15-. The third-order valence-electron chi connectivity index (χ3n) is 4.94. The van der Waals surface area contributed by atoms with E-state index in [-0.39, 0.29) is 13.2 Å². The third kappa shape index (κ3) is 5.03. The van der Waals surface area contributed by atoms with E-state index in [1.807, 2.05) is 60.7 Å². The lowest BCUT2D eigenvalue weighted by atomic mass is 10.0. The van der Waals surface area contributed by atoms with Gasteiger partial charge in [0.15, 0.2) is 0 Å². The van der Waals surface area contributed by atoms with Crippen molar-refractivity contribution in [3.05, 3.63) is 111 Å². The van der Waals surface area contributed by atoms with E-state index in [9.17, 15) is 5.26 Å². The maximum absolute atomic E-state index is 9.22. The molecule has 0 bridgehead atoms. The Morgan fingerprint density at radius 1 is 0.875 bits per heavy atom. The molecule has 0 saturated carbocycles. The summed E-state index contributed by atoms with van der Waals surface area (Å²) in [4.78, 5) is 5.49. The molecule has 0 unspecified atom stereocenters. The van der Waals surface area contributed by atoms with Gasteiger partial charge in [0.2, 0.25) is 0 Å². The lowest BCUT2D eigenvalue weighted by molar-refractivity contribution is 0.132. The average Bonchev–Trinajstić information content (AvgIpc) is 2.82. The molecule has 4 nitrogen and oxygen atoms in total. The van der Waals surface area contributed by atoms with Crippen molar-refractivity contribution in [2.45, 2.75) is 13.2 Å². The molecular formula is C26H18Cl2N2O2. The maximum atomic E-state index is 9.22. The fraction of sp³-hybridized carbons (Fsp3) is 0.0769. The van der Waals surface area contributed by atoms with Crippen LogP contribution in [-0.4, -0.2) is 6.21 Å². The van der Waals surface area contributed by atoms with Gasteiger partial charge in [0.05, 0.1) is 17.8 Å². The molecule has 158 valence electrons. The monoisotopic (exact) mass is 460 g/mol. The molecule has 0 radical (unpaired) electrons. The number of hydrogen-bond acceptors (Lipinski definition) is 4. The molecule has 0 aromatic heterocycles. The van der Waals surface area contributed by atoms with E-state index in [4.69, 9.17) is 32.8 Å². The Morgan fingerprint density at radius 3 is 2.53 bits per heavy atom. The van der Waals surface area contributed by atoms with E-state index >= 15 is 0 Å². The first-order chi connectivity index (χ1) is 15.7. The van der Waals surface area contributed by atoms with Gasteiger partial charge in [-0.1, -0.05) is 83.0 Å². The molecule has 0 atom stereocenters. The summed E-state index contributed by atoms with van der Waals surface area (Å²) >= 11 is 12.3. The Balaban J connectivity index is 1.57. The molecule has 4 rings (SSSR count). The minimum Gasteiger partial charge on any atom is -0.488 e. The summed E-state index contributed by atoms with van der Waals surface area (Å²) in [6, 6.07) is 26.6. The van der Waals surface area contributed by atoms with Crippen molar-refractivity contribution in [3.63, 3.8) is 0 Å². The van der Waals surface area contributed by atoms with Crippen LogP contribution in [0.2, 0.25) is 10.0 Å². The number of ether oxygens (including phenoxy) is 1. The zero-order valence-corrected chi connectivity index (χ0v) is 18.5. The number of hydrogen-bond donors (Lipinski definition) is 0. The van der Waals surface area contributed by atoms with E-state index in [0.717, 1.165) is 27.5 Å². The Bertz CT molecular complexity index is 1330. The minimum atomic E-state index is 0.196. The third-order valence-corrected chi connectivity index (χ3v) is 5.53. The number of nitriles is 1. The van der Waals surface area contributed by atoms with Crippen LogP contribution < -0.4 is 4.74 Å². The van der Waals surface area contributed by atoms with Crippen LogP contribution in [0.1, 0.15) is 22.3 Å². The Labute approximate surface area is 196 Å². The molecule has 0 aliphatic carbocycles. The molecule has 0 N–H and O–H groups in total. The zero-order chi connectivity index (χ0) is 22.3. The van der Waals surface area contributed by atoms with Crippen LogP contribution in [0.15, 0.2) is 84.0 Å². The summed E-state index contributed by atoms with van der Waals surface area (Å²) in [5.74, 6) is 0.652. The number of oxime groups is 1. The first-order valence-electron chi connectivity index (χ1n) is 9.87. The number of nitrogens with zero attached hydrogens (tertiary/aromatic N) is 2. The smallest absolute Gasteiger partial charge is 0.143 e. The Hall–Kier alpha value is -3.52. The largest absolute Gasteiger partial charge is 0.488 e.